The van der Waals surface area contributed by atoms with Gasteiger partial charge in [-0.05, 0) is 38.0 Å². The number of nitrogens with zero attached hydrogens (tertiary/aromatic N) is 3. The highest BCUT2D eigenvalue weighted by molar-refractivity contribution is 6.31. The van der Waals surface area contributed by atoms with Crippen LogP contribution in [-0.2, 0) is 6.61 Å². The molecule has 5 nitrogen and oxygen atoms in total. The number of aromatic nitrogens is 3. The van der Waals surface area contributed by atoms with E-state index in [4.69, 9.17) is 16.3 Å². The molecule has 31 heavy (non-hydrogen) atoms. The van der Waals surface area contributed by atoms with E-state index in [0.29, 0.717) is 28.7 Å². The summed E-state index contributed by atoms with van der Waals surface area (Å²) in [6.45, 7) is 9.10. The number of pyridine rings is 3. The first-order chi connectivity index (χ1) is 14.7. The molecule has 0 saturated carbocycles. The molecular formula is C23H20ClF2N3O2. The summed E-state index contributed by atoms with van der Waals surface area (Å²) in [5.41, 5.74) is 2.65. The number of hydrogen-bond acceptors (Lipinski definition) is 4. The van der Waals surface area contributed by atoms with Crippen LogP contribution in [0.3, 0.4) is 0 Å². The molecule has 3 aromatic heterocycles. The van der Waals surface area contributed by atoms with Crippen LogP contribution in [0.4, 0.5) is 8.78 Å². The van der Waals surface area contributed by atoms with Crippen LogP contribution in [0, 0.1) is 25.5 Å². The summed E-state index contributed by atoms with van der Waals surface area (Å²) in [7, 11) is 0. The summed E-state index contributed by atoms with van der Waals surface area (Å²) in [4.78, 5) is 21.1. The Kier molecular flexibility index (Phi) is 6.65. The minimum atomic E-state index is -0.845. The van der Waals surface area contributed by atoms with Gasteiger partial charge >= 0.3 is 0 Å². The Labute approximate surface area is 183 Å². The first-order valence-corrected chi connectivity index (χ1v) is 9.74. The standard InChI is InChI=1S/C23H20ClF2N3O2/c1-5-6-13(2)18-9-20(14(3)10-27-18)29-15(4)7-21(22(24)23(29)30)31-12-19-17(26)8-16(25)11-28-19/h5-11H,2,12H2,1,3-4H3/b6-5+. The zero-order valence-electron chi connectivity index (χ0n) is 17.2. The van der Waals surface area contributed by atoms with Crippen LogP contribution < -0.4 is 10.3 Å². The number of halogens is 3. The predicted octanol–water partition coefficient (Wildman–Crippen LogP) is 5.34. The molecule has 0 aliphatic heterocycles. The molecule has 3 rings (SSSR count). The van der Waals surface area contributed by atoms with Crippen molar-refractivity contribution in [1.82, 2.24) is 14.5 Å². The Morgan fingerprint density at radius 2 is 1.97 bits per heavy atom. The van der Waals surface area contributed by atoms with Gasteiger partial charge in [-0.25, -0.2) is 8.78 Å². The Morgan fingerprint density at radius 3 is 2.65 bits per heavy atom. The molecule has 3 aromatic rings. The van der Waals surface area contributed by atoms with E-state index in [1.165, 1.54) is 4.57 Å². The van der Waals surface area contributed by atoms with Gasteiger partial charge in [0.25, 0.3) is 5.56 Å². The topological polar surface area (TPSA) is 57.0 Å². The summed E-state index contributed by atoms with van der Waals surface area (Å²) in [6.07, 6.45) is 6.22. The fourth-order valence-electron chi connectivity index (χ4n) is 3.00. The molecule has 0 aromatic carbocycles. The summed E-state index contributed by atoms with van der Waals surface area (Å²) in [5, 5.41) is -0.168. The maximum Gasteiger partial charge on any atom is 0.277 e. The van der Waals surface area contributed by atoms with E-state index >= 15 is 0 Å². The molecule has 0 atom stereocenters. The second kappa shape index (κ2) is 9.22. The van der Waals surface area contributed by atoms with Crippen molar-refractivity contribution >= 4 is 17.2 Å². The van der Waals surface area contributed by atoms with Crippen molar-refractivity contribution < 1.29 is 13.5 Å². The molecule has 0 aliphatic carbocycles. The maximum absolute atomic E-state index is 13.8. The van der Waals surface area contributed by atoms with Crippen LogP contribution in [0.2, 0.25) is 5.02 Å². The van der Waals surface area contributed by atoms with Gasteiger partial charge in [-0.1, -0.05) is 30.3 Å². The van der Waals surface area contributed by atoms with Crippen molar-refractivity contribution in [1.29, 1.82) is 0 Å². The summed E-state index contributed by atoms with van der Waals surface area (Å²) in [6, 6.07) is 4.05. The van der Waals surface area contributed by atoms with Gasteiger partial charge in [-0.15, -0.1) is 0 Å². The third-order valence-electron chi connectivity index (χ3n) is 4.56. The zero-order chi connectivity index (χ0) is 22.7. The molecule has 0 radical (unpaired) electrons. The second-order valence-electron chi connectivity index (χ2n) is 6.86. The lowest BCUT2D eigenvalue weighted by molar-refractivity contribution is 0.292. The number of rotatable bonds is 6. The minimum Gasteiger partial charge on any atom is -0.485 e. The van der Waals surface area contributed by atoms with E-state index in [1.54, 1.807) is 25.3 Å². The van der Waals surface area contributed by atoms with E-state index in [9.17, 15) is 13.6 Å². The Bertz CT molecular complexity index is 1250. The van der Waals surface area contributed by atoms with Crippen LogP contribution in [-0.4, -0.2) is 14.5 Å². The number of allylic oxidation sites excluding steroid dienone is 3. The monoisotopic (exact) mass is 443 g/mol. The summed E-state index contributed by atoms with van der Waals surface area (Å²) in [5.74, 6) is -1.55. The van der Waals surface area contributed by atoms with Crippen LogP contribution >= 0.6 is 11.6 Å². The highest BCUT2D eigenvalue weighted by Gasteiger charge is 2.17. The minimum absolute atomic E-state index is 0.0798. The normalized spacial score (nSPS) is 11.2. The molecular weight excluding hydrogens is 424 g/mol. The van der Waals surface area contributed by atoms with Gasteiger partial charge in [0.15, 0.2) is 5.82 Å². The quantitative estimate of drug-likeness (QED) is 0.482. The largest absolute Gasteiger partial charge is 0.485 e. The number of aryl methyl sites for hydroxylation is 2. The molecule has 0 fully saturated rings. The van der Waals surface area contributed by atoms with Crippen LogP contribution in [0.5, 0.6) is 5.75 Å². The van der Waals surface area contributed by atoms with E-state index < -0.39 is 17.2 Å². The summed E-state index contributed by atoms with van der Waals surface area (Å²) >= 11 is 6.28. The lowest BCUT2D eigenvalue weighted by Crippen LogP contribution is -2.23. The zero-order valence-corrected chi connectivity index (χ0v) is 18.0. The lowest BCUT2D eigenvalue weighted by atomic mass is 10.1. The molecule has 0 bridgehead atoms. The number of ether oxygens (including phenoxy) is 1. The smallest absolute Gasteiger partial charge is 0.277 e. The van der Waals surface area contributed by atoms with Crippen LogP contribution in [0.1, 0.15) is 29.6 Å². The van der Waals surface area contributed by atoms with Crippen molar-refractivity contribution in [3.8, 4) is 11.4 Å². The number of hydrogen-bond donors (Lipinski definition) is 0. The van der Waals surface area contributed by atoms with E-state index in [1.807, 2.05) is 26.0 Å². The molecule has 0 saturated heterocycles. The average Bonchev–Trinajstić information content (AvgIpc) is 2.72. The van der Waals surface area contributed by atoms with Gasteiger partial charge in [-0.3, -0.25) is 19.3 Å². The molecule has 0 amide bonds. The predicted molar refractivity (Wildman–Crippen MR) is 117 cm³/mol. The fourth-order valence-corrected chi connectivity index (χ4v) is 3.19. The first-order valence-electron chi connectivity index (χ1n) is 9.36. The molecule has 0 unspecified atom stereocenters. The molecule has 160 valence electrons. The van der Waals surface area contributed by atoms with Crippen molar-refractivity contribution in [2.24, 2.45) is 0 Å². The van der Waals surface area contributed by atoms with E-state index in [2.05, 4.69) is 16.5 Å². The van der Waals surface area contributed by atoms with Crippen molar-refractivity contribution in [3.63, 3.8) is 0 Å². The van der Waals surface area contributed by atoms with Gasteiger partial charge in [-0.2, -0.15) is 0 Å². The average molecular weight is 444 g/mol. The highest BCUT2D eigenvalue weighted by Crippen LogP contribution is 2.26. The van der Waals surface area contributed by atoms with Crippen LogP contribution in [0.15, 0.2) is 54.1 Å². The third-order valence-corrected chi connectivity index (χ3v) is 4.91. The SMILES string of the molecule is C=C(/C=C/C)c1cc(-n2c(C)cc(OCc3ncc(F)cc3F)c(Cl)c2=O)c(C)cn1. The van der Waals surface area contributed by atoms with Crippen molar-refractivity contribution in [2.75, 3.05) is 0 Å². The van der Waals surface area contributed by atoms with Crippen LogP contribution in [0.25, 0.3) is 11.3 Å². The van der Waals surface area contributed by atoms with E-state index in [0.717, 1.165) is 11.8 Å². The third kappa shape index (κ3) is 4.72. The molecule has 0 N–H and O–H groups in total. The molecule has 0 aliphatic rings. The van der Waals surface area contributed by atoms with Gasteiger partial charge < -0.3 is 4.74 Å². The van der Waals surface area contributed by atoms with Gasteiger partial charge in [0, 0.05) is 24.0 Å². The van der Waals surface area contributed by atoms with Gasteiger partial charge in [0.2, 0.25) is 0 Å². The fraction of sp³-hybridized carbons (Fsp3) is 0.174. The van der Waals surface area contributed by atoms with Gasteiger partial charge in [0.1, 0.15) is 28.9 Å². The van der Waals surface area contributed by atoms with E-state index in [-0.39, 0.29) is 23.1 Å². The second-order valence-corrected chi connectivity index (χ2v) is 7.23. The molecule has 8 heteroatoms. The molecule has 0 spiro atoms. The molecule has 3 heterocycles. The highest BCUT2D eigenvalue weighted by atomic mass is 35.5. The summed E-state index contributed by atoms with van der Waals surface area (Å²) < 4.78 is 33.8. The Hall–Kier alpha value is -3.32. The lowest BCUT2D eigenvalue weighted by Gasteiger charge is -2.17. The van der Waals surface area contributed by atoms with Crippen molar-refractivity contribution in [2.45, 2.75) is 27.4 Å². The maximum atomic E-state index is 13.8. The first kappa shape index (κ1) is 22.4. The Morgan fingerprint density at radius 1 is 1.23 bits per heavy atom. The Balaban J connectivity index is 2.00. The van der Waals surface area contributed by atoms with Gasteiger partial charge in [0.05, 0.1) is 17.6 Å². The van der Waals surface area contributed by atoms with Crippen molar-refractivity contribution in [3.05, 3.63) is 99.0 Å².